The van der Waals surface area contributed by atoms with Crippen LogP contribution in [-0.4, -0.2) is 25.6 Å². The van der Waals surface area contributed by atoms with Crippen molar-refractivity contribution in [3.63, 3.8) is 0 Å². The summed E-state index contributed by atoms with van der Waals surface area (Å²) < 4.78 is 10.4. The number of hydrogen-bond donors (Lipinski definition) is 1. The van der Waals surface area contributed by atoms with Gasteiger partial charge in [0, 0.05) is 11.1 Å². The maximum atomic E-state index is 12.5. The Morgan fingerprint density at radius 2 is 1.92 bits per heavy atom. The van der Waals surface area contributed by atoms with Crippen molar-refractivity contribution in [3.8, 4) is 5.75 Å². The normalized spacial score (nSPS) is 13.6. The number of nitrogens with one attached hydrogen (secondary N) is 1. The molecule has 1 aliphatic rings. The molecule has 0 aliphatic carbocycles. The van der Waals surface area contributed by atoms with Crippen LogP contribution in [0.2, 0.25) is 0 Å². The van der Waals surface area contributed by atoms with Crippen molar-refractivity contribution in [1.29, 1.82) is 0 Å². The van der Waals surface area contributed by atoms with Crippen molar-refractivity contribution in [3.05, 3.63) is 71.8 Å². The highest BCUT2D eigenvalue weighted by molar-refractivity contribution is 5.97. The lowest BCUT2D eigenvalue weighted by Crippen LogP contribution is -2.35. The molecule has 2 aromatic rings. The highest BCUT2D eigenvalue weighted by atomic mass is 16.5. The summed E-state index contributed by atoms with van der Waals surface area (Å²) in [5.74, 6) is -0.249. The highest BCUT2D eigenvalue weighted by Crippen LogP contribution is 2.37. The zero-order valence-electron chi connectivity index (χ0n) is 13.2. The van der Waals surface area contributed by atoms with Crippen molar-refractivity contribution >= 4 is 17.4 Å². The van der Waals surface area contributed by atoms with Gasteiger partial charge in [0.15, 0.2) is 6.04 Å². The van der Waals surface area contributed by atoms with Gasteiger partial charge in [-0.25, -0.2) is 4.79 Å². The number of amides is 1. The molecule has 0 fully saturated rings. The second kappa shape index (κ2) is 6.58. The summed E-state index contributed by atoms with van der Waals surface area (Å²) in [6, 6.07) is 13.1. The SMILES string of the molecule is C=C1COc2cccc(C(NC(=O)c3ccccc3)C(=O)OC)c21. The first kappa shape index (κ1) is 15.8. The fourth-order valence-electron chi connectivity index (χ4n) is 2.71. The van der Waals surface area contributed by atoms with E-state index in [1.807, 2.05) is 12.1 Å². The Hall–Kier alpha value is -3.08. The van der Waals surface area contributed by atoms with Crippen LogP contribution >= 0.6 is 0 Å². The van der Waals surface area contributed by atoms with Crippen molar-refractivity contribution in [2.75, 3.05) is 13.7 Å². The molecule has 1 aliphatic heterocycles. The average Bonchev–Trinajstić information content (AvgIpc) is 3.01. The first-order valence-corrected chi connectivity index (χ1v) is 7.49. The van der Waals surface area contributed by atoms with Crippen LogP contribution in [0.25, 0.3) is 5.57 Å². The summed E-state index contributed by atoms with van der Waals surface area (Å²) in [7, 11) is 1.29. The number of benzene rings is 2. The second-order valence-electron chi connectivity index (χ2n) is 5.41. The zero-order chi connectivity index (χ0) is 17.1. The number of ether oxygens (including phenoxy) is 2. The topological polar surface area (TPSA) is 64.6 Å². The first-order chi connectivity index (χ1) is 11.6. The third kappa shape index (κ3) is 2.88. The second-order valence-corrected chi connectivity index (χ2v) is 5.41. The van der Waals surface area contributed by atoms with Crippen LogP contribution in [0, 0.1) is 0 Å². The molecule has 2 aromatic carbocycles. The van der Waals surface area contributed by atoms with Gasteiger partial charge in [0.25, 0.3) is 5.91 Å². The fraction of sp³-hybridized carbons (Fsp3) is 0.158. The average molecular weight is 323 g/mol. The van der Waals surface area contributed by atoms with Crippen LogP contribution < -0.4 is 10.1 Å². The predicted octanol–water partition coefficient (Wildman–Crippen LogP) is 2.74. The molecule has 1 atom stereocenters. The molecule has 0 radical (unpaired) electrons. The number of rotatable bonds is 4. The van der Waals surface area contributed by atoms with E-state index >= 15 is 0 Å². The smallest absolute Gasteiger partial charge is 0.333 e. The molecule has 5 nitrogen and oxygen atoms in total. The van der Waals surface area contributed by atoms with E-state index in [0.29, 0.717) is 23.5 Å². The molecule has 0 aromatic heterocycles. The molecule has 3 rings (SSSR count). The largest absolute Gasteiger partial charge is 0.488 e. The van der Waals surface area contributed by atoms with Crippen LogP contribution in [0.5, 0.6) is 5.75 Å². The number of carbonyl (C=O) groups is 2. The molecular formula is C19H17NO4. The van der Waals surface area contributed by atoms with E-state index in [9.17, 15) is 9.59 Å². The van der Waals surface area contributed by atoms with Gasteiger partial charge in [0.2, 0.25) is 0 Å². The Labute approximate surface area is 139 Å². The van der Waals surface area contributed by atoms with E-state index in [2.05, 4.69) is 11.9 Å². The van der Waals surface area contributed by atoms with E-state index < -0.39 is 12.0 Å². The lowest BCUT2D eigenvalue weighted by atomic mass is 9.96. The lowest BCUT2D eigenvalue weighted by Gasteiger charge is -2.19. The van der Waals surface area contributed by atoms with E-state index in [4.69, 9.17) is 9.47 Å². The van der Waals surface area contributed by atoms with Crippen LogP contribution in [0.4, 0.5) is 0 Å². The van der Waals surface area contributed by atoms with Crippen molar-refractivity contribution in [1.82, 2.24) is 5.32 Å². The summed E-state index contributed by atoms with van der Waals surface area (Å²) >= 11 is 0. The number of hydrogen-bond acceptors (Lipinski definition) is 4. The quantitative estimate of drug-likeness (QED) is 0.879. The molecule has 0 bridgehead atoms. The van der Waals surface area contributed by atoms with Gasteiger partial charge in [-0.15, -0.1) is 0 Å². The first-order valence-electron chi connectivity index (χ1n) is 7.49. The van der Waals surface area contributed by atoms with Gasteiger partial charge in [0.05, 0.1) is 7.11 Å². The minimum absolute atomic E-state index is 0.354. The molecule has 1 heterocycles. The van der Waals surface area contributed by atoms with Gasteiger partial charge in [-0.2, -0.15) is 0 Å². The van der Waals surface area contributed by atoms with Gasteiger partial charge in [-0.1, -0.05) is 36.9 Å². The maximum absolute atomic E-state index is 12.5. The molecular weight excluding hydrogens is 306 g/mol. The molecule has 0 saturated heterocycles. The van der Waals surface area contributed by atoms with Gasteiger partial charge < -0.3 is 14.8 Å². The number of methoxy groups -OCH3 is 1. The minimum Gasteiger partial charge on any atom is -0.488 e. The Bertz CT molecular complexity index is 798. The van der Waals surface area contributed by atoms with E-state index in [1.165, 1.54) is 7.11 Å². The molecule has 24 heavy (non-hydrogen) atoms. The Morgan fingerprint density at radius 3 is 2.62 bits per heavy atom. The number of esters is 1. The molecule has 1 amide bonds. The highest BCUT2D eigenvalue weighted by Gasteiger charge is 2.30. The van der Waals surface area contributed by atoms with Gasteiger partial charge >= 0.3 is 5.97 Å². The van der Waals surface area contributed by atoms with E-state index in [-0.39, 0.29) is 5.91 Å². The zero-order valence-corrected chi connectivity index (χ0v) is 13.2. The summed E-state index contributed by atoms with van der Waals surface area (Å²) in [6.07, 6.45) is 0. The molecule has 5 heteroatoms. The molecule has 0 spiro atoms. The fourth-order valence-corrected chi connectivity index (χ4v) is 2.71. The lowest BCUT2D eigenvalue weighted by molar-refractivity contribution is -0.143. The summed E-state index contributed by atoms with van der Waals surface area (Å²) in [5.41, 5.74) is 2.60. The molecule has 122 valence electrons. The third-order valence-corrected chi connectivity index (χ3v) is 3.87. The summed E-state index contributed by atoms with van der Waals surface area (Å²) in [6.45, 7) is 4.34. The molecule has 1 N–H and O–H groups in total. The van der Waals surface area contributed by atoms with Crippen LogP contribution in [0.15, 0.2) is 55.1 Å². The Morgan fingerprint density at radius 1 is 1.17 bits per heavy atom. The van der Waals surface area contributed by atoms with Gasteiger partial charge in [-0.05, 0) is 29.3 Å². The minimum atomic E-state index is -0.934. The third-order valence-electron chi connectivity index (χ3n) is 3.87. The Balaban J connectivity index is 1.97. The van der Waals surface area contributed by atoms with E-state index in [0.717, 1.165) is 11.1 Å². The standard InChI is InChI=1S/C19H17NO4/c1-12-11-24-15-10-6-9-14(16(12)15)17(19(22)23-2)20-18(21)13-7-4-3-5-8-13/h3-10,17H,1,11H2,2H3,(H,20,21). The number of carbonyl (C=O) groups excluding carboxylic acids is 2. The Kier molecular flexibility index (Phi) is 4.33. The van der Waals surface area contributed by atoms with Gasteiger partial charge in [-0.3, -0.25) is 4.79 Å². The monoisotopic (exact) mass is 323 g/mol. The van der Waals surface area contributed by atoms with Crippen LogP contribution in [-0.2, 0) is 9.53 Å². The molecule has 0 saturated carbocycles. The van der Waals surface area contributed by atoms with E-state index in [1.54, 1.807) is 36.4 Å². The number of fused-ring (bicyclic) bond motifs is 1. The summed E-state index contributed by atoms with van der Waals surface area (Å²) in [4.78, 5) is 24.7. The predicted molar refractivity (Wildman–Crippen MR) is 89.6 cm³/mol. The van der Waals surface area contributed by atoms with Crippen molar-refractivity contribution < 1.29 is 19.1 Å². The molecule has 1 unspecified atom stereocenters. The van der Waals surface area contributed by atoms with Crippen LogP contribution in [0.1, 0.15) is 27.5 Å². The van der Waals surface area contributed by atoms with Gasteiger partial charge in [0.1, 0.15) is 12.4 Å². The van der Waals surface area contributed by atoms with Crippen LogP contribution in [0.3, 0.4) is 0 Å². The summed E-state index contributed by atoms with van der Waals surface area (Å²) in [5, 5.41) is 2.74. The van der Waals surface area contributed by atoms with Crippen molar-refractivity contribution in [2.45, 2.75) is 6.04 Å². The maximum Gasteiger partial charge on any atom is 0.333 e. The van der Waals surface area contributed by atoms with Crippen molar-refractivity contribution in [2.24, 2.45) is 0 Å².